The number of pyridine rings is 1. The van der Waals surface area contributed by atoms with Crippen LogP contribution in [-0.2, 0) is 13.1 Å². The molecule has 1 aliphatic heterocycles. The lowest BCUT2D eigenvalue weighted by molar-refractivity contribution is 0.0696. The van der Waals surface area contributed by atoms with Crippen molar-refractivity contribution in [3.8, 4) is 0 Å². The zero-order valence-electron chi connectivity index (χ0n) is 11.6. The highest BCUT2D eigenvalue weighted by atomic mass is 16.4. The Kier molecular flexibility index (Phi) is 2.93. The molecule has 1 N–H and O–H groups in total. The minimum atomic E-state index is -0.916. The fraction of sp³-hybridized carbons (Fsp3) is 0.250. The third-order valence-electron chi connectivity index (χ3n) is 3.70. The first-order valence-electron chi connectivity index (χ1n) is 6.59. The second-order valence-electron chi connectivity index (χ2n) is 5.17. The van der Waals surface area contributed by atoms with Crippen molar-refractivity contribution in [2.75, 3.05) is 4.90 Å². The zero-order valence-corrected chi connectivity index (χ0v) is 11.6. The summed E-state index contributed by atoms with van der Waals surface area (Å²) >= 11 is 0. The molecule has 4 heteroatoms. The molecule has 0 amide bonds. The molecule has 1 aliphatic rings. The van der Waals surface area contributed by atoms with Crippen LogP contribution in [0.3, 0.4) is 0 Å². The molecule has 0 atom stereocenters. The van der Waals surface area contributed by atoms with Gasteiger partial charge in [0.15, 0.2) is 0 Å². The number of aromatic carboxylic acids is 1. The summed E-state index contributed by atoms with van der Waals surface area (Å²) in [4.78, 5) is 17.9. The Labute approximate surface area is 117 Å². The Hall–Kier alpha value is -2.36. The van der Waals surface area contributed by atoms with Crippen molar-refractivity contribution in [2.45, 2.75) is 26.9 Å². The number of hydrogen-bond donors (Lipinski definition) is 1. The normalized spacial score (nSPS) is 13.4. The van der Waals surface area contributed by atoms with Crippen molar-refractivity contribution < 1.29 is 9.90 Å². The molecular formula is C16H16N2O2. The fourth-order valence-electron chi connectivity index (χ4n) is 2.83. The molecule has 102 valence electrons. The third kappa shape index (κ3) is 2.03. The van der Waals surface area contributed by atoms with Gasteiger partial charge in [-0.1, -0.05) is 24.3 Å². The van der Waals surface area contributed by atoms with Crippen molar-refractivity contribution >= 4 is 11.7 Å². The van der Waals surface area contributed by atoms with Gasteiger partial charge in [0.05, 0.1) is 11.4 Å². The van der Waals surface area contributed by atoms with Gasteiger partial charge in [-0.25, -0.2) is 4.79 Å². The van der Waals surface area contributed by atoms with E-state index in [1.807, 2.05) is 25.1 Å². The SMILES string of the molecule is Cc1cc(N2Cc3ccccc3C2)c(C(=O)O)c(C)n1. The van der Waals surface area contributed by atoms with Crippen LogP contribution in [0, 0.1) is 13.8 Å². The molecule has 20 heavy (non-hydrogen) atoms. The molecule has 0 saturated carbocycles. The average Bonchev–Trinajstić information content (AvgIpc) is 2.80. The summed E-state index contributed by atoms with van der Waals surface area (Å²) in [5.41, 5.74) is 5.01. The minimum absolute atomic E-state index is 0.309. The Morgan fingerprint density at radius 2 is 1.80 bits per heavy atom. The van der Waals surface area contributed by atoms with Crippen molar-refractivity contribution in [1.82, 2.24) is 4.98 Å². The number of carboxylic acid groups (broad SMARTS) is 1. The first-order valence-corrected chi connectivity index (χ1v) is 6.59. The number of aromatic nitrogens is 1. The second-order valence-corrected chi connectivity index (χ2v) is 5.17. The smallest absolute Gasteiger partial charge is 0.339 e. The van der Waals surface area contributed by atoms with Crippen LogP contribution in [0.25, 0.3) is 0 Å². The lowest BCUT2D eigenvalue weighted by Gasteiger charge is -2.21. The summed E-state index contributed by atoms with van der Waals surface area (Å²) in [6.45, 7) is 5.15. The van der Waals surface area contributed by atoms with Crippen LogP contribution in [0.5, 0.6) is 0 Å². The minimum Gasteiger partial charge on any atom is -0.478 e. The van der Waals surface area contributed by atoms with Gasteiger partial charge < -0.3 is 10.0 Å². The molecule has 0 unspecified atom stereocenters. The number of carbonyl (C=O) groups is 1. The third-order valence-corrected chi connectivity index (χ3v) is 3.70. The van der Waals surface area contributed by atoms with Gasteiger partial charge >= 0.3 is 5.97 Å². The number of rotatable bonds is 2. The van der Waals surface area contributed by atoms with Crippen LogP contribution in [0.15, 0.2) is 30.3 Å². The van der Waals surface area contributed by atoms with Crippen LogP contribution in [0.1, 0.15) is 32.9 Å². The molecule has 2 heterocycles. The highest BCUT2D eigenvalue weighted by Gasteiger charge is 2.25. The van der Waals surface area contributed by atoms with E-state index in [4.69, 9.17) is 0 Å². The van der Waals surface area contributed by atoms with Crippen LogP contribution in [0.2, 0.25) is 0 Å². The standard InChI is InChI=1S/C16H16N2O2/c1-10-7-14(15(16(19)20)11(2)17-10)18-8-12-5-3-4-6-13(12)9-18/h3-7H,8-9H2,1-2H3,(H,19,20). The van der Waals surface area contributed by atoms with E-state index in [-0.39, 0.29) is 0 Å². The highest BCUT2D eigenvalue weighted by molar-refractivity contribution is 5.95. The van der Waals surface area contributed by atoms with E-state index < -0.39 is 5.97 Å². The predicted molar refractivity (Wildman–Crippen MR) is 77.0 cm³/mol. The number of aryl methyl sites for hydroxylation is 2. The number of carboxylic acids is 1. The summed E-state index contributed by atoms with van der Waals surface area (Å²) in [6, 6.07) is 10.1. The lowest BCUT2D eigenvalue weighted by Crippen LogP contribution is -2.19. The van der Waals surface area contributed by atoms with Gasteiger partial charge in [0.2, 0.25) is 0 Å². The number of anilines is 1. The maximum absolute atomic E-state index is 11.5. The van der Waals surface area contributed by atoms with E-state index in [0.29, 0.717) is 11.3 Å². The van der Waals surface area contributed by atoms with Gasteiger partial charge in [0.1, 0.15) is 5.56 Å². The van der Waals surface area contributed by atoms with Crippen molar-refractivity contribution in [3.05, 3.63) is 58.4 Å². The molecule has 2 aromatic rings. The maximum Gasteiger partial charge on any atom is 0.339 e. The molecule has 0 fully saturated rings. The van der Waals surface area contributed by atoms with Gasteiger partial charge in [-0.2, -0.15) is 0 Å². The zero-order chi connectivity index (χ0) is 14.3. The van der Waals surface area contributed by atoms with E-state index >= 15 is 0 Å². The average molecular weight is 268 g/mol. The summed E-state index contributed by atoms with van der Waals surface area (Å²) in [7, 11) is 0. The van der Waals surface area contributed by atoms with E-state index in [0.717, 1.165) is 24.5 Å². The highest BCUT2D eigenvalue weighted by Crippen LogP contribution is 2.32. The number of hydrogen-bond acceptors (Lipinski definition) is 3. The fourth-order valence-corrected chi connectivity index (χ4v) is 2.83. The van der Waals surface area contributed by atoms with Crippen molar-refractivity contribution in [3.63, 3.8) is 0 Å². The van der Waals surface area contributed by atoms with Gasteiger partial charge in [0, 0.05) is 18.8 Å². The molecule has 0 saturated heterocycles. The summed E-state index contributed by atoms with van der Waals surface area (Å²) in [5, 5.41) is 9.45. The Morgan fingerprint density at radius 1 is 1.20 bits per heavy atom. The Morgan fingerprint density at radius 3 is 2.35 bits per heavy atom. The van der Waals surface area contributed by atoms with Gasteiger partial charge in [-0.05, 0) is 31.0 Å². The summed E-state index contributed by atoms with van der Waals surface area (Å²) in [5.74, 6) is -0.916. The van der Waals surface area contributed by atoms with Crippen molar-refractivity contribution in [2.24, 2.45) is 0 Å². The molecule has 0 bridgehead atoms. The van der Waals surface area contributed by atoms with Crippen LogP contribution < -0.4 is 4.90 Å². The number of benzene rings is 1. The van der Waals surface area contributed by atoms with E-state index in [1.165, 1.54) is 11.1 Å². The molecule has 0 radical (unpaired) electrons. The second kappa shape index (κ2) is 4.63. The van der Waals surface area contributed by atoms with Gasteiger partial charge in [0.25, 0.3) is 0 Å². The topological polar surface area (TPSA) is 53.4 Å². The monoisotopic (exact) mass is 268 g/mol. The van der Waals surface area contributed by atoms with Crippen LogP contribution in [0.4, 0.5) is 5.69 Å². The number of nitrogens with zero attached hydrogens (tertiary/aromatic N) is 2. The lowest BCUT2D eigenvalue weighted by atomic mass is 10.1. The molecular weight excluding hydrogens is 252 g/mol. The Bertz CT molecular complexity index is 670. The van der Waals surface area contributed by atoms with Crippen molar-refractivity contribution in [1.29, 1.82) is 0 Å². The first kappa shape index (κ1) is 12.7. The van der Waals surface area contributed by atoms with Gasteiger partial charge in [-0.3, -0.25) is 4.98 Å². The molecule has 4 nitrogen and oxygen atoms in total. The molecule has 1 aromatic carbocycles. The molecule has 3 rings (SSSR count). The van der Waals surface area contributed by atoms with Crippen LogP contribution >= 0.6 is 0 Å². The molecule has 1 aromatic heterocycles. The largest absolute Gasteiger partial charge is 0.478 e. The van der Waals surface area contributed by atoms with Gasteiger partial charge in [-0.15, -0.1) is 0 Å². The van der Waals surface area contributed by atoms with Crippen LogP contribution in [-0.4, -0.2) is 16.1 Å². The number of fused-ring (bicyclic) bond motifs is 1. The summed E-state index contributed by atoms with van der Waals surface area (Å²) < 4.78 is 0. The van der Waals surface area contributed by atoms with E-state index in [1.54, 1.807) is 6.92 Å². The van der Waals surface area contributed by atoms with E-state index in [2.05, 4.69) is 22.0 Å². The maximum atomic E-state index is 11.5. The first-order chi connectivity index (χ1) is 9.56. The predicted octanol–water partition coefficient (Wildman–Crippen LogP) is 2.92. The quantitative estimate of drug-likeness (QED) is 0.910. The Balaban J connectivity index is 2.06. The summed E-state index contributed by atoms with van der Waals surface area (Å²) in [6.07, 6.45) is 0. The molecule has 0 aliphatic carbocycles. The van der Waals surface area contributed by atoms with E-state index in [9.17, 15) is 9.90 Å². The molecule has 0 spiro atoms.